The number of hydrogen-bond acceptors (Lipinski definition) is 5. The average molecular weight is 251 g/mol. The normalized spacial score (nSPS) is 9.89. The van der Waals surface area contributed by atoms with E-state index in [-0.39, 0.29) is 5.97 Å². The number of carbonyl (C=O) groups excluding carboxylic acids is 2. The molecule has 98 valence electrons. The SMILES string of the molecule is COC(=O)CCCN(C)c1ccc(C(N)=O)cn1. The zero-order chi connectivity index (χ0) is 13.5. The molecule has 0 saturated heterocycles. The average Bonchev–Trinajstić information content (AvgIpc) is 2.38. The smallest absolute Gasteiger partial charge is 0.305 e. The Morgan fingerprint density at radius 3 is 2.67 bits per heavy atom. The minimum absolute atomic E-state index is 0.222. The molecule has 1 heterocycles. The van der Waals surface area contributed by atoms with E-state index >= 15 is 0 Å². The first kappa shape index (κ1) is 14.0. The maximum absolute atomic E-state index is 10.9. The van der Waals surface area contributed by atoms with Crippen LogP contribution in [-0.2, 0) is 9.53 Å². The van der Waals surface area contributed by atoms with Gasteiger partial charge in [0.15, 0.2) is 0 Å². The molecule has 0 aromatic carbocycles. The largest absolute Gasteiger partial charge is 0.469 e. The molecule has 0 radical (unpaired) electrons. The first-order valence-electron chi connectivity index (χ1n) is 5.58. The number of esters is 1. The lowest BCUT2D eigenvalue weighted by atomic mass is 10.2. The number of amides is 1. The number of hydrogen-bond donors (Lipinski definition) is 1. The number of anilines is 1. The topological polar surface area (TPSA) is 85.5 Å². The number of ether oxygens (including phenoxy) is 1. The zero-order valence-electron chi connectivity index (χ0n) is 10.5. The fourth-order valence-electron chi connectivity index (χ4n) is 1.43. The minimum atomic E-state index is -0.498. The van der Waals surface area contributed by atoms with Crippen molar-refractivity contribution in [1.29, 1.82) is 0 Å². The van der Waals surface area contributed by atoms with Gasteiger partial charge in [-0.1, -0.05) is 0 Å². The lowest BCUT2D eigenvalue weighted by Gasteiger charge is -2.17. The highest BCUT2D eigenvalue weighted by molar-refractivity contribution is 5.92. The van der Waals surface area contributed by atoms with Gasteiger partial charge in [-0.05, 0) is 18.6 Å². The van der Waals surface area contributed by atoms with E-state index in [1.165, 1.54) is 13.3 Å². The Hall–Kier alpha value is -2.11. The Bertz CT molecular complexity index is 417. The number of aromatic nitrogens is 1. The van der Waals surface area contributed by atoms with E-state index in [0.29, 0.717) is 24.9 Å². The second kappa shape index (κ2) is 6.58. The fourth-order valence-corrected chi connectivity index (χ4v) is 1.43. The fraction of sp³-hybridized carbons (Fsp3) is 0.417. The van der Waals surface area contributed by atoms with E-state index < -0.39 is 5.91 Å². The molecule has 1 aromatic rings. The first-order valence-corrected chi connectivity index (χ1v) is 5.58. The zero-order valence-corrected chi connectivity index (χ0v) is 10.5. The summed E-state index contributed by atoms with van der Waals surface area (Å²) in [5, 5.41) is 0. The van der Waals surface area contributed by atoms with Crippen molar-refractivity contribution in [2.24, 2.45) is 5.73 Å². The Morgan fingerprint density at radius 1 is 1.44 bits per heavy atom. The van der Waals surface area contributed by atoms with Crippen LogP contribution in [0.2, 0.25) is 0 Å². The van der Waals surface area contributed by atoms with Crippen LogP contribution in [-0.4, -0.2) is 37.6 Å². The van der Waals surface area contributed by atoms with Crippen LogP contribution in [0.3, 0.4) is 0 Å². The van der Waals surface area contributed by atoms with Gasteiger partial charge in [-0.2, -0.15) is 0 Å². The second-order valence-electron chi connectivity index (χ2n) is 3.87. The van der Waals surface area contributed by atoms with Gasteiger partial charge in [0.05, 0.1) is 12.7 Å². The summed E-state index contributed by atoms with van der Waals surface area (Å²) in [5.41, 5.74) is 5.50. The summed E-state index contributed by atoms with van der Waals surface area (Å²) in [7, 11) is 3.24. The molecule has 0 aliphatic carbocycles. The highest BCUT2D eigenvalue weighted by Crippen LogP contribution is 2.10. The monoisotopic (exact) mass is 251 g/mol. The number of carbonyl (C=O) groups is 2. The number of rotatable bonds is 6. The van der Waals surface area contributed by atoms with Gasteiger partial charge in [-0.15, -0.1) is 0 Å². The van der Waals surface area contributed by atoms with Gasteiger partial charge in [0.1, 0.15) is 5.82 Å². The van der Waals surface area contributed by atoms with Gasteiger partial charge in [-0.25, -0.2) is 4.98 Å². The molecule has 0 spiro atoms. The standard InChI is InChI=1S/C12H17N3O3/c1-15(7-3-4-11(16)18-2)10-6-5-9(8-14-10)12(13)17/h5-6,8H,3-4,7H2,1-2H3,(H2,13,17). The van der Waals surface area contributed by atoms with Crippen LogP contribution in [0, 0.1) is 0 Å². The number of nitrogens with two attached hydrogens (primary N) is 1. The number of nitrogens with zero attached hydrogens (tertiary/aromatic N) is 2. The first-order chi connectivity index (χ1) is 8.54. The van der Waals surface area contributed by atoms with Gasteiger partial charge in [-0.3, -0.25) is 9.59 Å². The molecular weight excluding hydrogens is 234 g/mol. The summed E-state index contributed by atoms with van der Waals surface area (Å²) in [5.74, 6) is 0.00713. The van der Waals surface area contributed by atoms with Crippen LogP contribution in [0.25, 0.3) is 0 Å². The lowest BCUT2D eigenvalue weighted by Crippen LogP contribution is -2.21. The van der Waals surface area contributed by atoms with Crippen LogP contribution in [0.5, 0.6) is 0 Å². The van der Waals surface area contributed by atoms with Crippen molar-refractivity contribution in [1.82, 2.24) is 4.98 Å². The van der Waals surface area contributed by atoms with E-state index in [0.717, 1.165) is 5.82 Å². The molecule has 0 fully saturated rings. The second-order valence-corrected chi connectivity index (χ2v) is 3.87. The molecule has 1 amide bonds. The molecule has 0 saturated carbocycles. The number of pyridine rings is 1. The van der Waals surface area contributed by atoms with Crippen molar-refractivity contribution < 1.29 is 14.3 Å². The summed E-state index contributed by atoms with van der Waals surface area (Å²) in [6.45, 7) is 0.679. The maximum atomic E-state index is 10.9. The van der Waals surface area contributed by atoms with Crippen molar-refractivity contribution >= 4 is 17.7 Å². The van der Waals surface area contributed by atoms with E-state index in [1.54, 1.807) is 12.1 Å². The molecule has 18 heavy (non-hydrogen) atoms. The van der Waals surface area contributed by atoms with Gasteiger partial charge in [0.25, 0.3) is 0 Å². The van der Waals surface area contributed by atoms with Crippen molar-refractivity contribution in [2.45, 2.75) is 12.8 Å². The number of methoxy groups -OCH3 is 1. The third-order valence-corrected chi connectivity index (χ3v) is 2.53. The third-order valence-electron chi connectivity index (χ3n) is 2.53. The van der Waals surface area contributed by atoms with Crippen molar-refractivity contribution in [3.05, 3.63) is 23.9 Å². The summed E-state index contributed by atoms with van der Waals surface area (Å²) in [6.07, 6.45) is 2.50. The quantitative estimate of drug-likeness (QED) is 0.747. The van der Waals surface area contributed by atoms with E-state index in [4.69, 9.17) is 5.73 Å². The third kappa shape index (κ3) is 4.04. The van der Waals surface area contributed by atoms with Gasteiger partial charge < -0.3 is 15.4 Å². The summed E-state index contributed by atoms with van der Waals surface area (Å²) < 4.78 is 4.56. The van der Waals surface area contributed by atoms with Gasteiger partial charge in [0.2, 0.25) is 5.91 Å². The molecule has 0 aliphatic heterocycles. The molecule has 0 aliphatic rings. The van der Waals surface area contributed by atoms with Gasteiger partial charge >= 0.3 is 5.97 Å². The minimum Gasteiger partial charge on any atom is -0.469 e. The molecule has 2 N–H and O–H groups in total. The van der Waals surface area contributed by atoms with Crippen LogP contribution >= 0.6 is 0 Å². The Kier molecular flexibility index (Phi) is 5.10. The molecule has 1 aromatic heterocycles. The molecular formula is C12H17N3O3. The van der Waals surface area contributed by atoms with E-state index in [1.807, 2.05) is 11.9 Å². The molecule has 0 atom stereocenters. The molecule has 1 rings (SSSR count). The van der Waals surface area contributed by atoms with Crippen molar-refractivity contribution in [3.63, 3.8) is 0 Å². The summed E-state index contributed by atoms with van der Waals surface area (Å²) >= 11 is 0. The van der Waals surface area contributed by atoms with Crippen molar-refractivity contribution in [3.8, 4) is 0 Å². The maximum Gasteiger partial charge on any atom is 0.305 e. The molecule has 6 nitrogen and oxygen atoms in total. The lowest BCUT2D eigenvalue weighted by molar-refractivity contribution is -0.140. The Morgan fingerprint density at radius 2 is 2.17 bits per heavy atom. The number of primary amides is 1. The van der Waals surface area contributed by atoms with Crippen LogP contribution in [0.15, 0.2) is 18.3 Å². The Labute approximate surface area is 106 Å². The molecule has 0 unspecified atom stereocenters. The van der Waals surface area contributed by atoms with Crippen LogP contribution < -0.4 is 10.6 Å². The summed E-state index contributed by atoms with van der Waals surface area (Å²) in [4.78, 5) is 27.8. The Balaban J connectivity index is 2.48. The summed E-state index contributed by atoms with van der Waals surface area (Å²) in [6, 6.07) is 3.35. The van der Waals surface area contributed by atoms with Crippen LogP contribution in [0.4, 0.5) is 5.82 Å². The molecule has 0 bridgehead atoms. The van der Waals surface area contributed by atoms with E-state index in [2.05, 4.69) is 9.72 Å². The predicted molar refractivity (Wildman–Crippen MR) is 67.3 cm³/mol. The molecule has 6 heteroatoms. The highest BCUT2D eigenvalue weighted by Gasteiger charge is 2.06. The van der Waals surface area contributed by atoms with Crippen molar-refractivity contribution in [2.75, 3.05) is 25.6 Å². The van der Waals surface area contributed by atoms with Gasteiger partial charge in [0, 0.05) is 26.2 Å². The van der Waals surface area contributed by atoms with Crippen LogP contribution in [0.1, 0.15) is 23.2 Å². The van der Waals surface area contributed by atoms with E-state index in [9.17, 15) is 9.59 Å². The predicted octanol–water partition coefficient (Wildman–Crippen LogP) is 0.570. The highest BCUT2D eigenvalue weighted by atomic mass is 16.5.